The Labute approximate surface area is 119 Å². The first-order valence-electron chi connectivity index (χ1n) is 5.75. The average molecular weight is 346 g/mol. The highest BCUT2D eigenvalue weighted by Crippen LogP contribution is 2.24. The summed E-state index contributed by atoms with van der Waals surface area (Å²) in [5.41, 5.74) is 5.07. The van der Waals surface area contributed by atoms with Crippen LogP contribution in [-0.4, -0.2) is 9.97 Å². The molecule has 2 nitrogen and oxygen atoms in total. The van der Waals surface area contributed by atoms with Gasteiger partial charge in [0.2, 0.25) is 0 Å². The number of para-hydroxylation sites is 2. The molecule has 1 heterocycles. The highest BCUT2D eigenvalue weighted by atomic mass is 127. The number of hydrogen-bond acceptors (Lipinski definition) is 2. The zero-order chi connectivity index (χ0) is 12.4. The minimum absolute atomic E-state index is 0.861. The monoisotopic (exact) mass is 346 g/mol. The Morgan fingerprint density at radius 2 is 1.39 bits per heavy atom. The van der Waals surface area contributed by atoms with E-state index in [0.717, 1.165) is 32.4 Å². The van der Waals surface area contributed by atoms with Gasteiger partial charge >= 0.3 is 0 Å². The predicted octanol–water partition coefficient (Wildman–Crippen LogP) is 4.23. The van der Waals surface area contributed by atoms with Gasteiger partial charge in [-0.3, -0.25) is 0 Å². The van der Waals surface area contributed by atoms with Crippen molar-refractivity contribution in [1.29, 1.82) is 0 Å². The third-order valence-corrected chi connectivity index (χ3v) is 3.54. The molecule has 3 heteroatoms. The van der Waals surface area contributed by atoms with E-state index in [2.05, 4.69) is 34.7 Å². The van der Waals surface area contributed by atoms with Crippen LogP contribution in [0.4, 0.5) is 0 Å². The normalized spacial score (nSPS) is 10.7. The molecule has 0 aliphatic rings. The summed E-state index contributed by atoms with van der Waals surface area (Å²) in [7, 11) is 0. The Bertz CT molecular complexity index is 680. The van der Waals surface area contributed by atoms with E-state index in [1.54, 1.807) is 0 Å². The van der Waals surface area contributed by atoms with Crippen LogP contribution in [0.1, 0.15) is 5.69 Å². The predicted molar refractivity (Wildman–Crippen MR) is 82.7 cm³/mol. The maximum Gasteiger partial charge on any atom is 0.0933 e. The van der Waals surface area contributed by atoms with Crippen molar-refractivity contribution in [2.45, 2.75) is 4.43 Å². The van der Waals surface area contributed by atoms with Gasteiger partial charge in [0.05, 0.1) is 22.4 Å². The van der Waals surface area contributed by atoms with Crippen molar-refractivity contribution in [2.24, 2.45) is 0 Å². The third-order valence-electron chi connectivity index (χ3n) is 2.82. The second kappa shape index (κ2) is 5.02. The molecule has 1 aromatic heterocycles. The van der Waals surface area contributed by atoms with Gasteiger partial charge in [0, 0.05) is 9.99 Å². The minimum atomic E-state index is 0.861. The second-order valence-electron chi connectivity index (χ2n) is 4.01. The molecule has 0 aliphatic carbocycles. The quantitative estimate of drug-likeness (QED) is 0.513. The zero-order valence-corrected chi connectivity index (χ0v) is 11.8. The van der Waals surface area contributed by atoms with Crippen molar-refractivity contribution in [3.63, 3.8) is 0 Å². The van der Waals surface area contributed by atoms with Crippen molar-refractivity contribution in [3.8, 4) is 11.3 Å². The molecule has 0 radical (unpaired) electrons. The van der Waals surface area contributed by atoms with Crippen LogP contribution < -0.4 is 0 Å². The van der Waals surface area contributed by atoms with Gasteiger partial charge in [-0.2, -0.15) is 0 Å². The molecule has 0 bridgehead atoms. The van der Waals surface area contributed by atoms with E-state index in [4.69, 9.17) is 9.97 Å². The highest BCUT2D eigenvalue weighted by Gasteiger charge is 2.09. The summed E-state index contributed by atoms with van der Waals surface area (Å²) >= 11 is 2.34. The molecule has 18 heavy (non-hydrogen) atoms. The summed E-state index contributed by atoms with van der Waals surface area (Å²) in [6.07, 6.45) is 0. The Morgan fingerprint density at radius 3 is 2.06 bits per heavy atom. The van der Waals surface area contributed by atoms with E-state index >= 15 is 0 Å². The summed E-state index contributed by atoms with van der Waals surface area (Å²) in [5, 5.41) is 0. The molecule has 0 amide bonds. The van der Waals surface area contributed by atoms with E-state index in [1.165, 1.54) is 0 Å². The topological polar surface area (TPSA) is 25.8 Å². The number of rotatable bonds is 2. The lowest BCUT2D eigenvalue weighted by molar-refractivity contribution is 1.18. The van der Waals surface area contributed by atoms with Crippen LogP contribution in [0.3, 0.4) is 0 Å². The van der Waals surface area contributed by atoms with E-state index in [9.17, 15) is 0 Å². The van der Waals surface area contributed by atoms with Gasteiger partial charge in [-0.15, -0.1) is 0 Å². The van der Waals surface area contributed by atoms with Gasteiger partial charge in [0.25, 0.3) is 0 Å². The molecular formula is C15H11IN2. The lowest BCUT2D eigenvalue weighted by atomic mass is 10.1. The Morgan fingerprint density at radius 1 is 0.778 bits per heavy atom. The molecule has 0 fully saturated rings. The molecule has 88 valence electrons. The lowest BCUT2D eigenvalue weighted by Gasteiger charge is -2.07. The molecule has 3 rings (SSSR count). The van der Waals surface area contributed by atoms with Gasteiger partial charge in [0.1, 0.15) is 0 Å². The van der Waals surface area contributed by atoms with Crippen molar-refractivity contribution in [2.75, 3.05) is 0 Å². The standard InChI is InChI=1S/C15H11IN2/c16-10-14-15(11-6-2-1-3-7-11)18-13-9-5-4-8-12(13)17-14/h1-9H,10H2. The molecule has 0 unspecified atom stereocenters. The molecule has 0 N–H and O–H groups in total. The van der Waals surface area contributed by atoms with Gasteiger partial charge < -0.3 is 0 Å². The van der Waals surface area contributed by atoms with Crippen molar-refractivity contribution in [1.82, 2.24) is 9.97 Å². The molecule has 0 saturated heterocycles. The molecule has 0 spiro atoms. The van der Waals surface area contributed by atoms with Crippen molar-refractivity contribution >= 4 is 33.6 Å². The van der Waals surface area contributed by atoms with Crippen LogP contribution >= 0.6 is 22.6 Å². The number of aromatic nitrogens is 2. The fourth-order valence-electron chi connectivity index (χ4n) is 1.96. The second-order valence-corrected chi connectivity index (χ2v) is 4.77. The Balaban J connectivity index is 2.27. The summed E-state index contributed by atoms with van der Waals surface area (Å²) in [4.78, 5) is 9.45. The van der Waals surface area contributed by atoms with Crippen molar-refractivity contribution < 1.29 is 0 Å². The van der Waals surface area contributed by atoms with Gasteiger partial charge in [-0.05, 0) is 12.1 Å². The Kier molecular flexibility index (Phi) is 3.23. The Hall–Kier alpha value is -1.49. The van der Waals surface area contributed by atoms with Crippen LogP contribution in [0.5, 0.6) is 0 Å². The zero-order valence-electron chi connectivity index (χ0n) is 9.68. The minimum Gasteiger partial charge on any atom is -0.248 e. The van der Waals surface area contributed by atoms with Gasteiger partial charge in [-0.25, -0.2) is 9.97 Å². The van der Waals surface area contributed by atoms with Crippen LogP contribution in [0.2, 0.25) is 0 Å². The SMILES string of the molecule is ICc1nc2ccccc2nc1-c1ccccc1. The first-order valence-corrected chi connectivity index (χ1v) is 7.28. The molecular weight excluding hydrogens is 335 g/mol. The lowest BCUT2D eigenvalue weighted by Crippen LogP contribution is -1.96. The van der Waals surface area contributed by atoms with Crippen molar-refractivity contribution in [3.05, 3.63) is 60.3 Å². The molecule has 0 aliphatic heterocycles. The van der Waals surface area contributed by atoms with Crippen LogP contribution in [0, 0.1) is 0 Å². The highest BCUT2D eigenvalue weighted by molar-refractivity contribution is 14.1. The number of hydrogen-bond donors (Lipinski definition) is 0. The number of halogens is 1. The fraction of sp³-hybridized carbons (Fsp3) is 0.0667. The third kappa shape index (κ3) is 2.10. The largest absolute Gasteiger partial charge is 0.248 e. The number of alkyl halides is 1. The maximum absolute atomic E-state index is 4.75. The van der Waals surface area contributed by atoms with Gasteiger partial charge in [0.15, 0.2) is 0 Å². The van der Waals surface area contributed by atoms with Crippen LogP contribution in [0.15, 0.2) is 54.6 Å². The number of fused-ring (bicyclic) bond motifs is 1. The van der Waals surface area contributed by atoms with Crippen LogP contribution in [0.25, 0.3) is 22.3 Å². The summed E-state index contributed by atoms with van der Waals surface area (Å²) in [6.45, 7) is 0. The maximum atomic E-state index is 4.75. The fourth-order valence-corrected chi connectivity index (χ4v) is 2.49. The first kappa shape index (κ1) is 11.6. The molecule has 0 saturated carbocycles. The van der Waals surface area contributed by atoms with Gasteiger partial charge in [-0.1, -0.05) is 65.1 Å². The van der Waals surface area contributed by atoms with E-state index in [-0.39, 0.29) is 0 Å². The number of benzene rings is 2. The number of nitrogens with zero attached hydrogens (tertiary/aromatic N) is 2. The summed E-state index contributed by atoms with van der Waals surface area (Å²) in [6, 6.07) is 18.2. The van der Waals surface area contributed by atoms with Crippen LogP contribution in [-0.2, 0) is 4.43 Å². The molecule has 3 aromatic rings. The smallest absolute Gasteiger partial charge is 0.0933 e. The van der Waals surface area contributed by atoms with E-state index in [0.29, 0.717) is 0 Å². The molecule has 0 atom stereocenters. The van der Waals surface area contributed by atoms with E-state index in [1.807, 2.05) is 42.5 Å². The summed E-state index contributed by atoms with van der Waals surface area (Å²) < 4.78 is 0.861. The van der Waals surface area contributed by atoms with E-state index < -0.39 is 0 Å². The molecule has 2 aromatic carbocycles. The summed E-state index contributed by atoms with van der Waals surface area (Å²) in [5.74, 6) is 0. The average Bonchev–Trinajstić information content (AvgIpc) is 2.46. The first-order chi connectivity index (χ1) is 8.88.